The topological polar surface area (TPSA) is 25.8 Å². The summed E-state index contributed by atoms with van der Waals surface area (Å²) in [6.45, 7) is 2.10. The number of rotatable bonds is 3. The lowest BCUT2D eigenvalue weighted by atomic mass is 10.4. The molecule has 0 amide bonds. The van der Waals surface area contributed by atoms with E-state index in [0.717, 1.165) is 20.8 Å². The first-order valence-electron chi connectivity index (χ1n) is 4.01. The summed E-state index contributed by atoms with van der Waals surface area (Å²) < 4.78 is 1.99. The first-order valence-corrected chi connectivity index (χ1v) is 6.96. The fourth-order valence-corrected chi connectivity index (χ4v) is 3.97. The largest absolute Gasteiger partial charge is 0.234 e. The van der Waals surface area contributed by atoms with Gasteiger partial charge in [-0.15, -0.1) is 22.7 Å². The molecule has 0 radical (unpaired) electrons. The second-order valence-corrected chi connectivity index (χ2v) is 6.09. The zero-order valence-corrected chi connectivity index (χ0v) is 10.6. The average molecular weight is 263 g/mol. The van der Waals surface area contributed by atoms with Crippen LogP contribution in [-0.2, 0) is 6.42 Å². The fraction of sp³-hybridized carbons (Fsp3) is 0.250. The highest BCUT2D eigenvalue weighted by Gasteiger charge is 2.06. The van der Waals surface area contributed by atoms with Crippen LogP contribution in [-0.4, -0.2) is 9.97 Å². The third-order valence-corrected chi connectivity index (χ3v) is 4.77. The van der Waals surface area contributed by atoms with E-state index in [2.05, 4.69) is 22.3 Å². The first kappa shape index (κ1) is 10.4. The van der Waals surface area contributed by atoms with Gasteiger partial charge in [0.2, 0.25) is 0 Å². The van der Waals surface area contributed by atoms with Gasteiger partial charge in [0, 0.05) is 10.8 Å². The van der Waals surface area contributed by atoms with Crippen LogP contribution < -0.4 is 0 Å². The van der Waals surface area contributed by atoms with Crippen LogP contribution in [0.25, 0.3) is 0 Å². The fourth-order valence-electron chi connectivity index (χ4n) is 0.858. The SMILES string of the molecule is CCc1csc(Sc2nc(Cl)cs2)n1. The normalized spacial score (nSPS) is 10.7. The molecule has 0 fully saturated rings. The maximum Gasteiger partial charge on any atom is 0.158 e. The molecule has 74 valence electrons. The maximum atomic E-state index is 5.73. The summed E-state index contributed by atoms with van der Waals surface area (Å²) in [6.07, 6.45) is 0.982. The summed E-state index contributed by atoms with van der Waals surface area (Å²) in [4.78, 5) is 8.59. The number of hydrogen-bond donors (Lipinski definition) is 0. The molecule has 2 heterocycles. The number of aryl methyl sites for hydroxylation is 1. The van der Waals surface area contributed by atoms with Crippen molar-refractivity contribution in [3.8, 4) is 0 Å². The molecule has 0 unspecified atom stereocenters. The third-order valence-electron chi connectivity index (χ3n) is 1.52. The first-order chi connectivity index (χ1) is 6.78. The Kier molecular flexibility index (Phi) is 3.43. The molecule has 2 aromatic rings. The summed E-state index contributed by atoms with van der Waals surface area (Å²) in [5.41, 5.74) is 1.14. The van der Waals surface area contributed by atoms with Gasteiger partial charge in [-0.2, -0.15) is 0 Å². The van der Waals surface area contributed by atoms with E-state index in [-0.39, 0.29) is 0 Å². The van der Waals surface area contributed by atoms with Crippen LogP contribution in [0.3, 0.4) is 0 Å². The van der Waals surface area contributed by atoms with Crippen molar-refractivity contribution in [1.29, 1.82) is 0 Å². The molecular weight excluding hydrogens is 256 g/mol. The lowest BCUT2D eigenvalue weighted by Gasteiger charge is -1.88. The molecule has 0 bridgehead atoms. The van der Waals surface area contributed by atoms with Crippen molar-refractivity contribution in [2.75, 3.05) is 0 Å². The van der Waals surface area contributed by atoms with Gasteiger partial charge in [0.25, 0.3) is 0 Å². The molecular formula is C8H7ClN2S3. The molecule has 6 heteroatoms. The van der Waals surface area contributed by atoms with Crippen molar-refractivity contribution in [1.82, 2.24) is 9.97 Å². The summed E-state index contributed by atoms with van der Waals surface area (Å²) >= 11 is 10.5. The molecule has 0 aliphatic heterocycles. The summed E-state index contributed by atoms with van der Waals surface area (Å²) in [7, 11) is 0. The quantitative estimate of drug-likeness (QED) is 0.837. The second kappa shape index (κ2) is 4.61. The van der Waals surface area contributed by atoms with Gasteiger partial charge in [0.05, 0.1) is 5.69 Å². The molecule has 0 saturated carbocycles. The summed E-state index contributed by atoms with van der Waals surface area (Å²) in [5, 5.41) is 4.47. The molecule has 0 atom stereocenters. The van der Waals surface area contributed by atoms with Crippen molar-refractivity contribution in [3.05, 3.63) is 21.6 Å². The van der Waals surface area contributed by atoms with E-state index in [1.165, 1.54) is 0 Å². The van der Waals surface area contributed by atoms with Gasteiger partial charge >= 0.3 is 0 Å². The molecule has 2 rings (SSSR count). The van der Waals surface area contributed by atoms with Crippen molar-refractivity contribution >= 4 is 46.0 Å². The van der Waals surface area contributed by atoms with Gasteiger partial charge in [0.1, 0.15) is 5.15 Å². The van der Waals surface area contributed by atoms with Crippen LogP contribution in [0.5, 0.6) is 0 Å². The molecule has 0 saturated heterocycles. The Balaban J connectivity index is 2.10. The van der Waals surface area contributed by atoms with Crippen LogP contribution in [0, 0.1) is 0 Å². The Bertz CT molecular complexity index is 424. The molecule has 14 heavy (non-hydrogen) atoms. The van der Waals surface area contributed by atoms with Crippen LogP contribution in [0.2, 0.25) is 5.15 Å². The van der Waals surface area contributed by atoms with Gasteiger partial charge in [-0.05, 0) is 18.2 Å². The Morgan fingerprint density at radius 1 is 1.29 bits per heavy atom. The van der Waals surface area contributed by atoms with E-state index in [4.69, 9.17) is 11.6 Å². The number of aromatic nitrogens is 2. The van der Waals surface area contributed by atoms with E-state index in [1.807, 2.05) is 5.38 Å². The molecule has 0 aromatic carbocycles. The van der Waals surface area contributed by atoms with Crippen LogP contribution in [0.15, 0.2) is 19.4 Å². The van der Waals surface area contributed by atoms with E-state index >= 15 is 0 Å². The molecule has 0 spiro atoms. The van der Waals surface area contributed by atoms with Crippen molar-refractivity contribution < 1.29 is 0 Å². The zero-order valence-electron chi connectivity index (χ0n) is 7.36. The molecule has 0 aliphatic carbocycles. The van der Waals surface area contributed by atoms with Crippen molar-refractivity contribution in [2.24, 2.45) is 0 Å². The summed E-state index contributed by atoms with van der Waals surface area (Å²) in [5.74, 6) is 0. The van der Waals surface area contributed by atoms with E-state index in [1.54, 1.807) is 34.4 Å². The van der Waals surface area contributed by atoms with Gasteiger partial charge in [-0.25, -0.2) is 9.97 Å². The lowest BCUT2D eigenvalue weighted by molar-refractivity contribution is 1.02. The number of halogens is 1. The minimum absolute atomic E-state index is 0.560. The van der Waals surface area contributed by atoms with Gasteiger partial charge < -0.3 is 0 Å². The van der Waals surface area contributed by atoms with Gasteiger partial charge in [-0.3, -0.25) is 0 Å². The van der Waals surface area contributed by atoms with Crippen LogP contribution in [0.4, 0.5) is 0 Å². The smallest absolute Gasteiger partial charge is 0.158 e. The highest BCUT2D eigenvalue weighted by Crippen LogP contribution is 2.33. The van der Waals surface area contributed by atoms with Crippen molar-refractivity contribution in [3.63, 3.8) is 0 Å². The Labute approximate surface area is 99.4 Å². The Hall–Kier alpha value is -0.100. The molecule has 0 aliphatic rings. The Morgan fingerprint density at radius 3 is 2.57 bits per heavy atom. The highest BCUT2D eigenvalue weighted by atomic mass is 35.5. The number of nitrogens with zero attached hydrogens (tertiary/aromatic N) is 2. The molecule has 0 N–H and O–H groups in total. The lowest BCUT2D eigenvalue weighted by Crippen LogP contribution is -1.77. The van der Waals surface area contributed by atoms with Crippen LogP contribution in [0.1, 0.15) is 12.6 Å². The minimum Gasteiger partial charge on any atom is -0.234 e. The molecule has 2 nitrogen and oxygen atoms in total. The monoisotopic (exact) mass is 262 g/mol. The number of thiazole rings is 2. The van der Waals surface area contributed by atoms with E-state index in [0.29, 0.717) is 5.15 Å². The second-order valence-electron chi connectivity index (χ2n) is 2.50. The molecule has 2 aromatic heterocycles. The van der Waals surface area contributed by atoms with Gasteiger partial charge in [-0.1, -0.05) is 18.5 Å². The maximum absolute atomic E-state index is 5.73. The van der Waals surface area contributed by atoms with Crippen LogP contribution >= 0.6 is 46.0 Å². The zero-order chi connectivity index (χ0) is 9.97. The predicted molar refractivity (Wildman–Crippen MR) is 62.7 cm³/mol. The van der Waals surface area contributed by atoms with Crippen molar-refractivity contribution in [2.45, 2.75) is 22.0 Å². The summed E-state index contributed by atoms with van der Waals surface area (Å²) in [6, 6.07) is 0. The number of hydrogen-bond acceptors (Lipinski definition) is 5. The predicted octanol–water partition coefficient (Wildman–Crippen LogP) is 3.97. The Morgan fingerprint density at radius 2 is 2.00 bits per heavy atom. The van der Waals surface area contributed by atoms with E-state index < -0.39 is 0 Å². The minimum atomic E-state index is 0.560. The highest BCUT2D eigenvalue weighted by molar-refractivity contribution is 8.02. The standard InChI is InChI=1S/C8H7ClN2S3/c1-2-5-3-12-7(10-5)14-8-11-6(9)4-13-8/h3-4H,2H2,1H3. The average Bonchev–Trinajstić information content (AvgIpc) is 2.76. The van der Waals surface area contributed by atoms with E-state index in [9.17, 15) is 0 Å². The van der Waals surface area contributed by atoms with Gasteiger partial charge in [0.15, 0.2) is 8.68 Å². The third kappa shape index (κ3) is 2.48.